The normalized spacial score (nSPS) is 14.3. The Balaban J connectivity index is 4.02. The second kappa shape index (κ2) is 3.52. The Morgan fingerprint density at radius 2 is 2.20 bits per heavy atom. The van der Waals surface area contributed by atoms with Crippen molar-refractivity contribution in [3.63, 3.8) is 0 Å². The molecule has 0 aliphatic rings. The highest BCUT2D eigenvalue weighted by Crippen LogP contribution is 2.19. The van der Waals surface area contributed by atoms with Crippen LogP contribution in [-0.2, 0) is 4.79 Å². The Morgan fingerprint density at radius 3 is 2.50 bits per heavy atom. The summed E-state index contributed by atoms with van der Waals surface area (Å²) in [6.45, 7) is 6.88. The molecule has 0 aliphatic carbocycles. The molecule has 0 aromatic carbocycles. The molecule has 0 saturated heterocycles. The van der Waals surface area contributed by atoms with Crippen molar-refractivity contribution in [2.24, 2.45) is 5.41 Å². The average molecular weight is 142 g/mol. The summed E-state index contributed by atoms with van der Waals surface area (Å²) >= 11 is 0. The van der Waals surface area contributed by atoms with Crippen LogP contribution in [0.4, 0.5) is 0 Å². The largest absolute Gasteiger partial charge is 0.392 e. The van der Waals surface area contributed by atoms with Gasteiger partial charge < -0.3 is 9.90 Å². The summed E-state index contributed by atoms with van der Waals surface area (Å²) in [5.74, 6) is 0. The molecule has 0 rings (SSSR count). The summed E-state index contributed by atoms with van der Waals surface area (Å²) in [7, 11) is 0. The first kappa shape index (κ1) is 9.37. The van der Waals surface area contributed by atoms with Crippen LogP contribution in [-0.4, -0.2) is 17.5 Å². The maximum absolute atomic E-state index is 10.3. The van der Waals surface area contributed by atoms with Crippen molar-refractivity contribution >= 4 is 6.29 Å². The molecular weight excluding hydrogens is 128 g/mol. The van der Waals surface area contributed by atoms with Gasteiger partial charge in [0.25, 0.3) is 0 Å². The summed E-state index contributed by atoms with van der Waals surface area (Å²) in [6, 6.07) is 0. The Labute approximate surface area is 61.6 Å². The number of aliphatic hydroxyl groups is 1. The molecule has 2 nitrogen and oxygen atoms in total. The molecule has 0 fully saturated rings. The van der Waals surface area contributed by atoms with Crippen LogP contribution in [0.3, 0.4) is 0 Å². The molecule has 2 heteroatoms. The van der Waals surface area contributed by atoms with E-state index in [0.29, 0.717) is 6.42 Å². The number of aliphatic hydroxyl groups excluding tert-OH is 1. The van der Waals surface area contributed by atoms with Crippen molar-refractivity contribution in [1.29, 1.82) is 0 Å². The predicted octanol–water partition coefficient (Wildman–Crippen LogP) is 1.15. The minimum Gasteiger partial charge on any atom is -0.392 e. The van der Waals surface area contributed by atoms with Crippen LogP contribution in [0.1, 0.15) is 20.3 Å². The van der Waals surface area contributed by atoms with E-state index in [1.807, 2.05) is 0 Å². The quantitative estimate of drug-likeness (QED) is 0.472. The highest BCUT2D eigenvalue weighted by Gasteiger charge is 2.25. The van der Waals surface area contributed by atoms with Crippen molar-refractivity contribution in [3.05, 3.63) is 12.7 Å². The van der Waals surface area contributed by atoms with E-state index in [1.54, 1.807) is 19.9 Å². The van der Waals surface area contributed by atoms with Crippen LogP contribution in [0.25, 0.3) is 0 Å². The first-order valence-electron chi connectivity index (χ1n) is 3.30. The summed E-state index contributed by atoms with van der Waals surface area (Å²) in [4.78, 5) is 10.3. The standard InChI is InChI=1S/C8H14O2/c1-4-5-7(10)8(2,3)6-9/h4,6-7,10H,1,5H2,2-3H3/t7-/m0/s1. The molecule has 0 unspecified atom stereocenters. The Kier molecular flexibility index (Phi) is 3.30. The molecule has 0 amide bonds. The summed E-state index contributed by atoms with van der Waals surface area (Å²) in [5, 5.41) is 9.27. The molecular formula is C8H14O2. The van der Waals surface area contributed by atoms with Gasteiger partial charge in [0.1, 0.15) is 6.29 Å². The third kappa shape index (κ3) is 2.31. The maximum Gasteiger partial charge on any atom is 0.128 e. The molecule has 0 spiro atoms. The van der Waals surface area contributed by atoms with E-state index in [0.717, 1.165) is 6.29 Å². The molecule has 0 saturated carbocycles. The molecule has 0 aromatic heterocycles. The van der Waals surface area contributed by atoms with Crippen molar-refractivity contribution in [2.45, 2.75) is 26.4 Å². The second-order valence-corrected chi connectivity index (χ2v) is 2.98. The van der Waals surface area contributed by atoms with Gasteiger partial charge in [0.15, 0.2) is 0 Å². The number of hydrogen-bond acceptors (Lipinski definition) is 2. The summed E-state index contributed by atoms with van der Waals surface area (Å²) < 4.78 is 0. The van der Waals surface area contributed by atoms with Crippen molar-refractivity contribution in [3.8, 4) is 0 Å². The molecule has 0 radical (unpaired) electrons. The first-order chi connectivity index (χ1) is 4.54. The fourth-order valence-corrected chi connectivity index (χ4v) is 0.540. The van der Waals surface area contributed by atoms with E-state index in [1.165, 1.54) is 0 Å². The zero-order chi connectivity index (χ0) is 8.20. The Hall–Kier alpha value is -0.630. The van der Waals surface area contributed by atoms with Crippen molar-refractivity contribution in [2.75, 3.05) is 0 Å². The molecule has 10 heavy (non-hydrogen) atoms. The van der Waals surface area contributed by atoms with Gasteiger partial charge in [-0.25, -0.2) is 0 Å². The van der Waals surface area contributed by atoms with Gasteiger partial charge in [0, 0.05) is 5.41 Å². The monoisotopic (exact) mass is 142 g/mol. The van der Waals surface area contributed by atoms with Gasteiger partial charge in [0.05, 0.1) is 6.10 Å². The first-order valence-corrected chi connectivity index (χ1v) is 3.30. The van der Waals surface area contributed by atoms with E-state index in [4.69, 9.17) is 0 Å². The lowest BCUT2D eigenvalue weighted by atomic mass is 9.87. The molecule has 0 bridgehead atoms. The minimum atomic E-state index is -0.645. The lowest BCUT2D eigenvalue weighted by molar-refractivity contribution is -0.119. The lowest BCUT2D eigenvalue weighted by Gasteiger charge is -2.22. The molecule has 58 valence electrons. The van der Waals surface area contributed by atoms with Gasteiger partial charge in [0.2, 0.25) is 0 Å². The minimum absolute atomic E-state index is 0.464. The van der Waals surface area contributed by atoms with Crippen LogP contribution >= 0.6 is 0 Å². The van der Waals surface area contributed by atoms with Gasteiger partial charge in [-0.05, 0) is 6.42 Å². The van der Waals surface area contributed by atoms with E-state index >= 15 is 0 Å². The summed E-state index contributed by atoms with van der Waals surface area (Å²) in [6.07, 6.45) is 2.23. The highest BCUT2D eigenvalue weighted by atomic mass is 16.3. The molecule has 0 heterocycles. The van der Waals surface area contributed by atoms with Gasteiger partial charge in [-0.3, -0.25) is 0 Å². The fourth-order valence-electron chi connectivity index (χ4n) is 0.540. The van der Waals surface area contributed by atoms with Crippen LogP contribution in [0.15, 0.2) is 12.7 Å². The third-order valence-electron chi connectivity index (χ3n) is 1.55. The van der Waals surface area contributed by atoms with E-state index in [-0.39, 0.29) is 0 Å². The molecule has 0 aliphatic heterocycles. The van der Waals surface area contributed by atoms with E-state index in [2.05, 4.69) is 6.58 Å². The zero-order valence-electron chi connectivity index (χ0n) is 6.50. The van der Waals surface area contributed by atoms with E-state index < -0.39 is 11.5 Å². The van der Waals surface area contributed by atoms with Crippen LogP contribution < -0.4 is 0 Å². The number of rotatable bonds is 4. The van der Waals surface area contributed by atoms with Crippen LogP contribution in [0, 0.1) is 5.41 Å². The smallest absolute Gasteiger partial charge is 0.128 e. The van der Waals surface area contributed by atoms with Crippen molar-refractivity contribution in [1.82, 2.24) is 0 Å². The number of aldehydes is 1. The Bertz CT molecular complexity index is 127. The van der Waals surface area contributed by atoms with Gasteiger partial charge in [-0.1, -0.05) is 19.9 Å². The van der Waals surface area contributed by atoms with Crippen molar-refractivity contribution < 1.29 is 9.90 Å². The number of hydrogen-bond donors (Lipinski definition) is 1. The third-order valence-corrected chi connectivity index (χ3v) is 1.55. The second-order valence-electron chi connectivity index (χ2n) is 2.98. The Morgan fingerprint density at radius 1 is 1.70 bits per heavy atom. The highest BCUT2D eigenvalue weighted by molar-refractivity contribution is 5.58. The van der Waals surface area contributed by atoms with E-state index in [9.17, 15) is 9.90 Å². The number of carbonyl (C=O) groups is 1. The predicted molar refractivity (Wildman–Crippen MR) is 40.7 cm³/mol. The van der Waals surface area contributed by atoms with Crippen LogP contribution in [0.2, 0.25) is 0 Å². The van der Waals surface area contributed by atoms with Gasteiger partial charge >= 0.3 is 0 Å². The van der Waals surface area contributed by atoms with Crippen LogP contribution in [0.5, 0.6) is 0 Å². The molecule has 1 N–H and O–H groups in total. The fraction of sp³-hybridized carbons (Fsp3) is 0.625. The number of carbonyl (C=O) groups excluding carboxylic acids is 1. The topological polar surface area (TPSA) is 37.3 Å². The molecule has 1 atom stereocenters. The maximum atomic E-state index is 10.3. The SMILES string of the molecule is C=CC[C@H](O)C(C)(C)C=O. The molecule has 0 aromatic rings. The lowest BCUT2D eigenvalue weighted by Crippen LogP contribution is -2.29. The van der Waals surface area contributed by atoms with Gasteiger partial charge in [-0.2, -0.15) is 0 Å². The zero-order valence-corrected chi connectivity index (χ0v) is 6.50. The average Bonchev–Trinajstić information content (AvgIpc) is 1.89. The van der Waals surface area contributed by atoms with Gasteiger partial charge in [-0.15, -0.1) is 6.58 Å². The summed E-state index contributed by atoms with van der Waals surface area (Å²) in [5.41, 5.74) is -0.645.